The van der Waals surface area contributed by atoms with E-state index >= 15 is 0 Å². The molecule has 0 atom stereocenters. The number of benzene rings is 8. The number of hydrogen-bond donors (Lipinski definition) is 0. The summed E-state index contributed by atoms with van der Waals surface area (Å²) < 4.78 is 28.3. The predicted molar refractivity (Wildman–Crippen MR) is 241 cm³/mol. The van der Waals surface area contributed by atoms with Crippen LogP contribution in [0, 0.1) is 55.4 Å². The summed E-state index contributed by atoms with van der Waals surface area (Å²) in [4.78, 5) is 0. The van der Waals surface area contributed by atoms with Gasteiger partial charge in [-0.05, 0) is 111 Å². The Labute approximate surface area is 343 Å². The number of rotatable bonds is 6. The second-order valence-electron chi connectivity index (χ2n) is 16.7. The zero-order valence-corrected chi connectivity index (χ0v) is 35.4. The van der Waals surface area contributed by atoms with Crippen LogP contribution in [0.2, 0.25) is 0 Å². The van der Waals surface area contributed by atoms with Crippen molar-refractivity contribution in [3.05, 3.63) is 211 Å². The van der Waals surface area contributed by atoms with E-state index in [0.717, 1.165) is 66.1 Å². The Morgan fingerprint density at radius 2 is 0.655 bits per heavy atom. The SMILES string of the molecule is Cc1cc(C)cc(C(c2cc(C)cc(C)c2)c2cc3ccccc3c3c2O[P+](=O)Oc2c(C(c4cc(C)cc(C)c4)c4cc(C)cc(C)c4)cc4ccccc4c2-3)c1. The molecule has 1 aliphatic heterocycles. The van der Waals surface area contributed by atoms with Crippen LogP contribution in [0.3, 0.4) is 0 Å². The normalized spacial score (nSPS) is 12.4. The summed E-state index contributed by atoms with van der Waals surface area (Å²) in [5, 5.41) is 4.20. The maximum absolute atomic E-state index is 14.7. The van der Waals surface area contributed by atoms with Crippen LogP contribution in [-0.2, 0) is 4.57 Å². The predicted octanol–water partition coefficient (Wildman–Crippen LogP) is 14.9. The maximum atomic E-state index is 14.7. The third kappa shape index (κ3) is 6.88. The average molecular weight is 776 g/mol. The molecule has 1 aliphatic rings. The Balaban J connectivity index is 1.44. The highest BCUT2D eigenvalue weighted by molar-refractivity contribution is 7.34. The Bertz CT molecular complexity index is 2590. The van der Waals surface area contributed by atoms with Gasteiger partial charge in [-0.25, -0.2) is 9.05 Å². The zero-order chi connectivity index (χ0) is 40.4. The van der Waals surface area contributed by atoms with E-state index in [0.29, 0.717) is 11.5 Å². The summed E-state index contributed by atoms with van der Waals surface area (Å²) in [6.45, 7) is 17.2. The van der Waals surface area contributed by atoms with Crippen molar-refractivity contribution in [1.82, 2.24) is 0 Å². The monoisotopic (exact) mass is 775 g/mol. The summed E-state index contributed by atoms with van der Waals surface area (Å²) >= 11 is 0. The largest absolute Gasteiger partial charge is 0.805 e. The lowest BCUT2D eigenvalue weighted by atomic mass is 9.78. The summed E-state index contributed by atoms with van der Waals surface area (Å²) in [5.41, 5.74) is 17.9. The Morgan fingerprint density at radius 3 is 0.948 bits per heavy atom. The molecule has 286 valence electrons. The summed E-state index contributed by atoms with van der Waals surface area (Å²) in [6, 6.07) is 48.7. The molecule has 8 aromatic rings. The van der Waals surface area contributed by atoms with E-state index in [1.54, 1.807) is 0 Å². The van der Waals surface area contributed by atoms with Gasteiger partial charge in [-0.1, -0.05) is 166 Å². The van der Waals surface area contributed by atoms with Gasteiger partial charge < -0.3 is 0 Å². The van der Waals surface area contributed by atoms with E-state index in [4.69, 9.17) is 9.05 Å². The highest BCUT2D eigenvalue weighted by Gasteiger charge is 2.41. The lowest BCUT2D eigenvalue weighted by Gasteiger charge is -2.25. The van der Waals surface area contributed by atoms with Gasteiger partial charge in [0.25, 0.3) is 0 Å². The minimum absolute atomic E-state index is 0.215. The van der Waals surface area contributed by atoms with Crippen LogP contribution in [0.5, 0.6) is 11.5 Å². The Kier molecular flexibility index (Phi) is 9.54. The van der Waals surface area contributed by atoms with Crippen molar-refractivity contribution < 1.29 is 13.6 Å². The van der Waals surface area contributed by atoms with E-state index in [1.165, 1.54) is 44.5 Å². The lowest BCUT2D eigenvalue weighted by Crippen LogP contribution is -2.08. The van der Waals surface area contributed by atoms with Crippen molar-refractivity contribution >= 4 is 29.8 Å². The molecule has 0 spiro atoms. The van der Waals surface area contributed by atoms with Crippen molar-refractivity contribution in [1.29, 1.82) is 0 Å². The molecule has 0 fully saturated rings. The first-order chi connectivity index (χ1) is 27.9. The molecule has 4 heteroatoms. The number of hydrogen-bond acceptors (Lipinski definition) is 3. The zero-order valence-electron chi connectivity index (χ0n) is 34.5. The molecule has 0 aromatic heterocycles. The van der Waals surface area contributed by atoms with Crippen LogP contribution in [0.25, 0.3) is 32.7 Å². The summed E-state index contributed by atoms with van der Waals surface area (Å²) in [5.74, 6) is 0.763. The molecule has 58 heavy (non-hydrogen) atoms. The van der Waals surface area contributed by atoms with Crippen molar-refractivity contribution in [2.75, 3.05) is 0 Å². The summed E-state index contributed by atoms with van der Waals surface area (Å²) in [6.07, 6.45) is 0. The lowest BCUT2D eigenvalue weighted by molar-refractivity contribution is 0.417. The molecular formula is C54H48O3P+. The quantitative estimate of drug-likeness (QED) is 0.125. The van der Waals surface area contributed by atoms with Crippen LogP contribution >= 0.6 is 8.25 Å². The van der Waals surface area contributed by atoms with Crippen LogP contribution in [0.1, 0.15) is 89.7 Å². The molecule has 1 heterocycles. The smallest absolute Gasteiger partial charge is 0.221 e. The topological polar surface area (TPSA) is 35.5 Å². The molecule has 0 N–H and O–H groups in total. The third-order valence-electron chi connectivity index (χ3n) is 11.6. The van der Waals surface area contributed by atoms with E-state index in [1.807, 2.05) is 0 Å². The van der Waals surface area contributed by atoms with Crippen LogP contribution in [-0.4, -0.2) is 0 Å². The highest BCUT2D eigenvalue weighted by Crippen LogP contribution is 2.58. The van der Waals surface area contributed by atoms with Gasteiger partial charge in [0.15, 0.2) is 0 Å². The molecule has 0 aliphatic carbocycles. The number of fused-ring (bicyclic) bond motifs is 7. The minimum Gasteiger partial charge on any atom is -0.221 e. The van der Waals surface area contributed by atoms with Gasteiger partial charge in [-0.3, -0.25) is 0 Å². The molecule has 0 saturated heterocycles. The van der Waals surface area contributed by atoms with Gasteiger partial charge in [0.05, 0.1) is 0 Å². The number of aryl methyl sites for hydroxylation is 8. The van der Waals surface area contributed by atoms with Crippen molar-refractivity contribution in [2.45, 2.75) is 67.2 Å². The molecule has 0 saturated carbocycles. The van der Waals surface area contributed by atoms with Gasteiger partial charge >= 0.3 is 8.25 Å². The molecule has 0 radical (unpaired) electrons. The first kappa shape index (κ1) is 37.6. The Morgan fingerprint density at radius 1 is 0.379 bits per heavy atom. The molecule has 9 rings (SSSR count). The third-order valence-corrected chi connectivity index (χ3v) is 12.2. The summed E-state index contributed by atoms with van der Waals surface area (Å²) in [7, 11) is -2.66. The van der Waals surface area contributed by atoms with E-state index < -0.39 is 8.25 Å². The molecule has 0 unspecified atom stereocenters. The Hall–Kier alpha value is -6.02. The minimum atomic E-state index is -2.66. The highest BCUT2D eigenvalue weighted by atomic mass is 31.1. The molecular weight excluding hydrogens is 728 g/mol. The van der Waals surface area contributed by atoms with E-state index in [2.05, 4.69) is 189 Å². The molecule has 8 aromatic carbocycles. The second kappa shape index (κ2) is 14.7. The maximum Gasteiger partial charge on any atom is 0.805 e. The van der Waals surface area contributed by atoms with Gasteiger partial charge in [-0.2, -0.15) is 0 Å². The molecule has 0 amide bonds. The van der Waals surface area contributed by atoms with Crippen LogP contribution < -0.4 is 9.05 Å². The van der Waals surface area contributed by atoms with Gasteiger partial charge in [0.1, 0.15) is 0 Å². The van der Waals surface area contributed by atoms with Gasteiger partial charge in [-0.15, -0.1) is 0 Å². The van der Waals surface area contributed by atoms with Crippen LogP contribution in [0.4, 0.5) is 0 Å². The van der Waals surface area contributed by atoms with Crippen molar-refractivity contribution in [3.63, 3.8) is 0 Å². The van der Waals surface area contributed by atoms with E-state index in [9.17, 15) is 4.57 Å². The van der Waals surface area contributed by atoms with E-state index in [-0.39, 0.29) is 11.8 Å². The standard InChI is InChI=1S/C54H48O3P/c1-31-17-32(2)22-41(21-31)49(42-23-33(3)18-34(4)24-42)47-29-39-13-9-11-15-45(39)51-52-46-16-12-10-14-40(46)30-48(54(52)57-58(55)56-53(47)51)50(43-25-35(5)19-36(6)26-43)44-27-37(7)20-38(8)28-44/h9-30,49-50H,1-8H3/q+1. The molecule has 0 bridgehead atoms. The fourth-order valence-corrected chi connectivity index (χ4v) is 10.5. The van der Waals surface area contributed by atoms with Gasteiger partial charge in [0, 0.05) is 38.7 Å². The van der Waals surface area contributed by atoms with Gasteiger partial charge in [0.2, 0.25) is 11.5 Å². The van der Waals surface area contributed by atoms with Crippen molar-refractivity contribution in [2.24, 2.45) is 0 Å². The fourth-order valence-electron chi connectivity index (χ4n) is 9.80. The fraction of sp³-hybridized carbons (Fsp3) is 0.185. The van der Waals surface area contributed by atoms with Crippen LogP contribution in [0.15, 0.2) is 133 Å². The first-order valence-corrected chi connectivity index (χ1v) is 21.3. The second-order valence-corrected chi connectivity index (χ2v) is 17.6. The average Bonchev–Trinajstić information content (AvgIpc) is 3.30. The molecule has 3 nitrogen and oxygen atoms in total. The first-order valence-electron chi connectivity index (χ1n) is 20.2. The van der Waals surface area contributed by atoms with Crippen molar-refractivity contribution in [3.8, 4) is 22.6 Å².